The minimum absolute atomic E-state index is 0.0164. The van der Waals surface area contributed by atoms with Crippen molar-refractivity contribution in [3.05, 3.63) is 29.8 Å². The van der Waals surface area contributed by atoms with Gasteiger partial charge >= 0.3 is 5.97 Å². The van der Waals surface area contributed by atoms with E-state index in [1.54, 1.807) is 14.0 Å². The number of aliphatic imine (C=N–C) groups is 1. The van der Waals surface area contributed by atoms with E-state index < -0.39 is 0 Å². The predicted molar refractivity (Wildman–Crippen MR) is 93.0 cm³/mol. The van der Waals surface area contributed by atoms with Crippen molar-refractivity contribution in [1.29, 1.82) is 0 Å². The maximum atomic E-state index is 11.8. The Bertz CT molecular complexity index is 630. The Balaban J connectivity index is 1.92. The molecule has 0 bridgehead atoms. The Morgan fingerprint density at radius 2 is 2.17 bits per heavy atom. The summed E-state index contributed by atoms with van der Waals surface area (Å²) in [5.41, 5.74) is 1.98. The third kappa shape index (κ3) is 4.47. The van der Waals surface area contributed by atoms with E-state index in [0.717, 1.165) is 11.3 Å². The number of para-hydroxylation sites is 1. The fraction of sp³-hybridized carbons (Fsp3) is 0.471. The van der Waals surface area contributed by atoms with E-state index >= 15 is 0 Å². The highest BCUT2D eigenvalue weighted by Gasteiger charge is 2.24. The molecule has 7 nitrogen and oxygen atoms in total. The zero-order valence-corrected chi connectivity index (χ0v) is 14.3. The number of amides is 1. The van der Waals surface area contributed by atoms with Crippen LogP contribution >= 0.6 is 0 Å². The normalized spacial score (nSPS) is 18.2. The van der Waals surface area contributed by atoms with Crippen molar-refractivity contribution in [2.24, 2.45) is 10.9 Å². The standard InChI is InChI=1S/C17H24N4O3/c1-11(16(23)24-3)9-19-17(18-2)20-10-12-8-15(22)21-14-7-5-4-6-13(12)14/h4-7,11-12H,8-10H2,1-3H3,(H,21,22)(H2,18,19,20). The van der Waals surface area contributed by atoms with Crippen LogP contribution < -0.4 is 16.0 Å². The van der Waals surface area contributed by atoms with Crippen molar-refractivity contribution >= 4 is 23.5 Å². The first kappa shape index (κ1) is 17.8. The van der Waals surface area contributed by atoms with Crippen LogP contribution in [0, 0.1) is 5.92 Å². The van der Waals surface area contributed by atoms with E-state index in [-0.39, 0.29) is 23.7 Å². The molecule has 2 unspecified atom stereocenters. The van der Waals surface area contributed by atoms with E-state index in [4.69, 9.17) is 4.74 Å². The molecular weight excluding hydrogens is 308 g/mol. The van der Waals surface area contributed by atoms with Crippen molar-refractivity contribution < 1.29 is 14.3 Å². The fourth-order valence-corrected chi connectivity index (χ4v) is 2.66. The first-order valence-corrected chi connectivity index (χ1v) is 7.96. The second-order valence-electron chi connectivity index (χ2n) is 5.79. The maximum absolute atomic E-state index is 11.8. The Labute approximate surface area is 141 Å². The van der Waals surface area contributed by atoms with Gasteiger partial charge in [-0.15, -0.1) is 0 Å². The van der Waals surface area contributed by atoms with Crippen LogP contribution in [0.2, 0.25) is 0 Å². The van der Waals surface area contributed by atoms with E-state index in [2.05, 4.69) is 20.9 Å². The molecule has 0 aromatic heterocycles. The van der Waals surface area contributed by atoms with Crippen molar-refractivity contribution in [1.82, 2.24) is 10.6 Å². The summed E-state index contributed by atoms with van der Waals surface area (Å²) >= 11 is 0. The lowest BCUT2D eigenvalue weighted by Crippen LogP contribution is -2.43. The van der Waals surface area contributed by atoms with Crippen LogP contribution in [0.15, 0.2) is 29.3 Å². The Hall–Kier alpha value is -2.57. The molecule has 1 aliphatic rings. The number of anilines is 1. The van der Waals surface area contributed by atoms with Crippen molar-refractivity contribution in [2.75, 3.05) is 32.6 Å². The summed E-state index contributed by atoms with van der Waals surface area (Å²) in [4.78, 5) is 27.4. The second kappa shape index (κ2) is 8.33. The third-order valence-electron chi connectivity index (χ3n) is 4.03. The fourth-order valence-electron chi connectivity index (χ4n) is 2.66. The summed E-state index contributed by atoms with van der Waals surface area (Å²) in [7, 11) is 3.04. The van der Waals surface area contributed by atoms with Gasteiger partial charge in [-0.05, 0) is 11.6 Å². The van der Waals surface area contributed by atoms with Gasteiger partial charge in [0.25, 0.3) is 0 Å². The van der Waals surface area contributed by atoms with Crippen LogP contribution in [-0.2, 0) is 14.3 Å². The summed E-state index contributed by atoms with van der Waals surface area (Å²) in [5, 5.41) is 9.20. The molecule has 0 radical (unpaired) electrons. The lowest BCUT2D eigenvalue weighted by Gasteiger charge is -2.26. The molecule has 1 amide bonds. The van der Waals surface area contributed by atoms with Gasteiger partial charge in [-0.3, -0.25) is 14.6 Å². The van der Waals surface area contributed by atoms with Gasteiger partial charge in [0.15, 0.2) is 5.96 Å². The van der Waals surface area contributed by atoms with Crippen LogP contribution in [-0.4, -0.2) is 45.1 Å². The van der Waals surface area contributed by atoms with Gasteiger partial charge in [0.2, 0.25) is 5.91 Å². The number of benzene rings is 1. The molecule has 1 aliphatic heterocycles. The van der Waals surface area contributed by atoms with E-state index in [0.29, 0.717) is 25.5 Å². The quantitative estimate of drug-likeness (QED) is 0.426. The highest BCUT2D eigenvalue weighted by molar-refractivity contribution is 5.94. The number of guanidine groups is 1. The molecule has 2 atom stereocenters. The first-order chi connectivity index (χ1) is 11.5. The largest absolute Gasteiger partial charge is 0.469 e. The Morgan fingerprint density at radius 3 is 2.88 bits per heavy atom. The van der Waals surface area contributed by atoms with Crippen LogP contribution in [0.3, 0.4) is 0 Å². The number of ether oxygens (including phenoxy) is 1. The van der Waals surface area contributed by atoms with Crippen LogP contribution in [0.1, 0.15) is 24.8 Å². The molecule has 3 N–H and O–H groups in total. The average molecular weight is 332 g/mol. The van der Waals surface area contributed by atoms with Gasteiger partial charge in [0, 0.05) is 38.2 Å². The molecule has 1 aromatic rings. The van der Waals surface area contributed by atoms with Crippen molar-refractivity contribution in [2.45, 2.75) is 19.3 Å². The number of rotatable bonds is 5. The van der Waals surface area contributed by atoms with Gasteiger partial charge in [-0.1, -0.05) is 25.1 Å². The average Bonchev–Trinajstić information content (AvgIpc) is 2.60. The number of fused-ring (bicyclic) bond motifs is 1. The molecular formula is C17H24N4O3. The number of carbonyl (C=O) groups is 2. The predicted octanol–water partition coefficient (Wildman–Crippen LogP) is 1.09. The molecule has 1 aromatic carbocycles. The number of hydrogen-bond donors (Lipinski definition) is 3. The maximum Gasteiger partial charge on any atom is 0.310 e. The lowest BCUT2D eigenvalue weighted by atomic mass is 9.90. The van der Waals surface area contributed by atoms with Crippen molar-refractivity contribution in [3.63, 3.8) is 0 Å². The van der Waals surface area contributed by atoms with Gasteiger partial charge < -0.3 is 20.7 Å². The Kier molecular flexibility index (Phi) is 6.17. The number of nitrogens with zero attached hydrogens (tertiary/aromatic N) is 1. The molecule has 0 fully saturated rings. The zero-order valence-electron chi connectivity index (χ0n) is 14.3. The highest BCUT2D eigenvalue weighted by atomic mass is 16.5. The van der Waals surface area contributed by atoms with Crippen LogP contribution in [0.5, 0.6) is 0 Å². The molecule has 0 saturated carbocycles. The first-order valence-electron chi connectivity index (χ1n) is 7.96. The summed E-state index contributed by atoms with van der Waals surface area (Å²) < 4.78 is 4.70. The van der Waals surface area contributed by atoms with Gasteiger partial charge in [-0.25, -0.2) is 0 Å². The smallest absolute Gasteiger partial charge is 0.310 e. The molecule has 0 spiro atoms. The number of esters is 1. The monoisotopic (exact) mass is 332 g/mol. The van der Waals surface area contributed by atoms with E-state index in [9.17, 15) is 9.59 Å². The minimum atomic E-state index is -0.269. The van der Waals surface area contributed by atoms with Crippen LogP contribution in [0.4, 0.5) is 5.69 Å². The number of hydrogen-bond acceptors (Lipinski definition) is 4. The van der Waals surface area contributed by atoms with Crippen LogP contribution in [0.25, 0.3) is 0 Å². The minimum Gasteiger partial charge on any atom is -0.469 e. The topological polar surface area (TPSA) is 91.8 Å². The Morgan fingerprint density at radius 1 is 1.42 bits per heavy atom. The molecule has 0 aliphatic carbocycles. The molecule has 130 valence electrons. The molecule has 0 saturated heterocycles. The number of nitrogens with one attached hydrogen (secondary N) is 3. The molecule has 7 heteroatoms. The third-order valence-corrected chi connectivity index (χ3v) is 4.03. The highest BCUT2D eigenvalue weighted by Crippen LogP contribution is 2.31. The van der Waals surface area contributed by atoms with Gasteiger partial charge in [0.1, 0.15) is 0 Å². The molecule has 24 heavy (non-hydrogen) atoms. The summed E-state index contributed by atoms with van der Waals surface area (Å²) in [6, 6.07) is 7.80. The van der Waals surface area contributed by atoms with Gasteiger partial charge in [0.05, 0.1) is 13.0 Å². The van der Waals surface area contributed by atoms with E-state index in [1.165, 1.54) is 7.11 Å². The molecule has 1 heterocycles. The van der Waals surface area contributed by atoms with Gasteiger partial charge in [-0.2, -0.15) is 0 Å². The summed E-state index contributed by atoms with van der Waals surface area (Å²) in [6.07, 6.45) is 0.430. The number of carbonyl (C=O) groups excluding carboxylic acids is 2. The number of methoxy groups -OCH3 is 1. The molecule has 2 rings (SSSR count). The summed E-state index contributed by atoms with van der Waals surface area (Å²) in [5.74, 6) is 0.147. The van der Waals surface area contributed by atoms with Crippen molar-refractivity contribution in [3.8, 4) is 0 Å². The SMILES string of the molecule is CN=C(NCC(C)C(=O)OC)NCC1CC(=O)Nc2ccccc21. The summed E-state index contributed by atoms with van der Waals surface area (Å²) in [6.45, 7) is 2.79. The van der Waals surface area contributed by atoms with E-state index in [1.807, 2.05) is 24.3 Å². The lowest BCUT2D eigenvalue weighted by molar-refractivity contribution is -0.144. The second-order valence-corrected chi connectivity index (χ2v) is 5.79. The zero-order chi connectivity index (χ0) is 17.5.